The van der Waals surface area contributed by atoms with Crippen LogP contribution < -0.4 is 0 Å². The van der Waals surface area contributed by atoms with Crippen molar-refractivity contribution in [2.24, 2.45) is 0 Å². The van der Waals surface area contributed by atoms with Gasteiger partial charge in [-0.05, 0) is 47.7 Å². The molecular weight excluding hydrogens is 358 g/mol. The van der Waals surface area contributed by atoms with Gasteiger partial charge in [-0.1, -0.05) is 72.8 Å². The molecule has 0 aliphatic carbocycles. The summed E-state index contributed by atoms with van der Waals surface area (Å²) in [5, 5.41) is 1.05. The molecule has 0 radical (unpaired) electrons. The molecule has 3 nitrogen and oxygen atoms in total. The molecule has 4 aromatic rings. The summed E-state index contributed by atoms with van der Waals surface area (Å²) in [6, 6.07) is 26.2. The predicted octanol–water partition coefficient (Wildman–Crippen LogP) is 5.80. The van der Waals surface area contributed by atoms with Crippen LogP contribution in [0.3, 0.4) is 0 Å². The van der Waals surface area contributed by atoms with Crippen LogP contribution in [0.5, 0.6) is 0 Å². The molecular formula is C26H23NO2. The van der Waals surface area contributed by atoms with Gasteiger partial charge in [0, 0.05) is 11.1 Å². The number of aromatic nitrogens is 1. The topological polar surface area (TPSA) is 39.2 Å². The van der Waals surface area contributed by atoms with Crippen LogP contribution in [0, 0.1) is 13.8 Å². The average molecular weight is 381 g/mol. The third-order valence-electron chi connectivity index (χ3n) is 5.23. The van der Waals surface area contributed by atoms with Crippen molar-refractivity contribution >= 4 is 16.9 Å². The highest BCUT2D eigenvalue weighted by Gasteiger charge is 2.18. The molecule has 144 valence electrons. The second kappa shape index (κ2) is 8.27. The number of carbonyl (C=O) groups excluding carboxylic acids is 1. The van der Waals surface area contributed by atoms with Crippen molar-refractivity contribution in [2.75, 3.05) is 0 Å². The molecule has 29 heavy (non-hydrogen) atoms. The zero-order valence-electron chi connectivity index (χ0n) is 16.7. The number of para-hydroxylation sites is 1. The monoisotopic (exact) mass is 381 g/mol. The van der Waals surface area contributed by atoms with Gasteiger partial charge in [0.15, 0.2) is 0 Å². The second-order valence-electron chi connectivity index (χ2n) is 7.20. The Balaban J connectivity index is 1.69. The van der Waals surface area contributed by atoms with Crippen LogP contribution in [0.25, 0.3) is 22.0 Å². The maximum absolute atomic E-state index is 12.7. The largest absolute Gasteiger partial charge is 0.461 e. The van der Waals surface area contributed by atoms with Gasteiger partial charge in [-0.3, -0.25) is 9.78 Å². The number of hydrogen-bond acceptors (Lipinski definition) is 3. The van der Waals surface area contributed by atoms with Crippen LogP contribution in [0.4, 0.5) is 0 Å². The standard InChI is InChI=1S/C26H23NO2/c1-18-10-6-7-13-21(18)17-29-25(28)16-23-19(2)27-24-15-9-8-14-22(24)26(23)20-11-4-3-5-12-20/h3-15H,16-17H2,1-2H3. The van der Waals surface area contributed by atoms with E-state index >= 15 is 0 Å². The first-order valence-corrected chi connectivity index (χ1v) is 9.77. The molecule has 0 amide bonds. The Kier molecular flexibility index (Phi) is 5.39. The van der Waals surface area contributed by atoms with E-state index in [9.17, 15) is 4.79 Å². The van der Waals surface area contributed by atoms with E-state index < -0.39 is 0 Å². The number of rotatable bonds is 5. The summed E-state index contributed by atoms with van der Waals surface area (Å²) >= 11 is 0. The number of aryl methyl sites for hydroxylation is 2. The Morgan fingerprint density at radius 3 is 2.34 bits per heavy atom. The van der Waals surface area contributed by atoms with E-state index in [1.807, 2.05) is 74.5 Å². The van der Waals surface area contributed by atoms with Crippen LogP contribution in [0.15, 0.2) is 78.9 Å². The molecule has 0 bridgehead atoms. The van der Waals surface area contributed by atoms with Crippen LogP contribution in [0.2, 0.25) is 0 Å². The summed E-state index contributed by atoms with van der Waals surface area (Å²) in [4.78, 5) is 17.5. The van der Waals surface area contributed by atoms with E-state index in [0.29, 0.717) is 0 Å². The summed E-state index contributed by atoms with van der Waals surface area (Å²) in [5.41, 5.74) is 6.99. The maximum Gasteiger partial charge on any atom is 0.310 e. The van der Waals surface area contributed by atoms with Gasteiger partial charge in [0.25, 0.3) is 0 Å². The van der Waals surface area contributed by atoms with Crippen molar-refractivity contribution < 1.29 is 9.53 Å². The predicted molar refractivity (Wildman–Crippen MR) is 117 cm³/mol. The molecule has 3 aromatic carbocycles. The molecule has 1 heterocycles. The summed E-state index contributed by atoms with van der Waals surface area (Å²) in [5.74, 6) is -0.245. The quantitative estimate of drug-likeness (QED) is 0.410. The number of hydrogen-bond donors (Lipinski definition) is 0. The fourth-order valence-corrected chi connectivity index (χ4v) is 3.65. The summed E-state index contributed by atoms with van der Waals surface area (Å²) in [6.45, 7) is 4.27. The van der Waals surface area contributed by atoms with Gasteiger partial charge >= 0.3 is 5.97 Å². The molecule has 0 saturated carbocycles. The van der Waals surface area contributed by atoms with Crippen molar-refractivity contribution in [3.63, 3.8) is 0 Å². The number of fused-ring (bicyclic) bond motifs is 1. The second-order valence-corrected chi connectivity index (χ2v) is 7.20. The molecule has 0 fully saturated rings. The molecule has 1 aromatic heterocycles. The van der Waals surface area contributed by atoms with E-state index in [-0.39, 0.29) is 19.0 Å². The number of carbonyl (C=O) groups is 1. The lowest BCUT2D eigenvalue weighted by molar-refractivity contribution is -0.144. The number of nitrogens with zero attached hydrogens (tertiary/aromatic N) is 1. The fraction of sp³-hybridized carbons (Fsp3) is 0.154. The smallest absolute Gasteiger partial charge is 0.310 e. The van der Waals surface area contributed by atoms with Crippen LogP contribution in [0.1, 0.15) is 22.4 Å². The van der Waals surface area contributed by atoms with Gasteiger partial charge in [-0.2, -0.15) is 0 Å². The summed E-state index contributed by atoms with van der Waals surface area (Å²) in [6.07, 6.45) is 0.194. The van der Waals surface area contributed by atoms with E-state index in [1.54, 1.807) is 0 Å². The normalized spacial score (nSPS) is 10.8. The minimum atomic E-state index is -0.245. The van der Waals surface area contributed by atoms with Crippen LogP contribution in [-0.2, 0) is 22.6 Å². The molecule has 0 saturated heterocycles. The Labute approximate surface area is 171 Å². The fourth-order valence-electron chi connectivity index (χ4n) is 3.65. The maximum atomic E-state index is 12.7. The summed E-state index contributed by atoms with van der Waals surface area (Å²) in [7, 11) is 0. The van der Waals surface area contributed by atoms with Crippen molar-refractivity contribution in [3.05, 3.63) is 101 Å². The van der Waals surface area contributed by atoms with Gasteiger partial charge in [-0.15, -0.1) is 0 Å². The van der Waals surface area contributed by atoms with E-state index in [4.69, 9.17) is 9.72 Å². The molecule has 0 aliphatic heterocycles. The number of ether oxygens (including phenoxy) is 1. The van der Waals surface area contributed by atoms with Crippen molar-refractivity contribution in [3.8, 4) is 11.1 Å². The molecule has 3 heteroatoms. The van der Waals surface area contributed by atoms with E-state index in [1.165, 1.54) is 0 Å². The lowest BCUT2D eigenvalue weighted by atomic mass is 9.93. The van der Waals surface area contributed by atoms with Crippen LogP contribution in [-0.4, -0.2) is 11.0 Å². The average Bonchev–Trinajstić information content (AvgIpc) is 2.74. The lowest BCUT2D eigenvalue weighted by Gasteiger charge is -2.16. The minimum absolute atomic E-state index is 0.194. The SMILES string of the molecule is Cc1ccccc1COC(=O)Cc1c(C)nc2ccccc2c1-c1ccccc1. The zero-order chi connectivity index (χ0) is 20.2. The van der Waals surface area contributed by atoms with Crippen molar-refractivity contribution in [2.45, 2.75) is 26.9 Å². The minimum Gasteiger partial charge on any atom is -0.461 e. The first-order chi connectivity index (χ1) is 14.1. The highest BCUT2D eigenvalue weighted by Crippen LogP contribution is 2.33. The van der Waals surface area contributed by atoms with E-state index in [0.717, 1.165) is 44.4 Å². The Morgan fingerprint density at radius 1 is 0.862 bits per heavy atom. The van der Waals surface area contributed by atoms with Crippen molar-refractivity contribution in [1.82, 2.24) is 4.98 Å². The molecule has 0 unspecified atom stereocenters. The molecule has 4 rings (SSSR count). The highest BCUT2D eigenvalue weighted by molar-refractivity contribution is 5.97. The van der Waals surface area contributed by atoms with Gasteiger partial charge in [0.1, 0.15) is 6.61 Å². The summed E-state index contributed by atoms with van der Waals surface area (Å²) < 4.78 is 5.60. The van der Waals surface area contributed by atoms with Gasteiger partial charge in [0.2, 0.25) is 0 Å². The first-order valence-electron chi connectivity index (χ1n) is 9.77. The molecule has 0 N–H and O–H groups in total. The number of esters is 1. The number of pyridine rings is 1. The van der Waals surface area contributed by atoms with Gasteiger partial charge in [0.05, 0.1) is 11.9 Å². The van der Waals surface area contributed by atoms with Gasteiger partial charge in [-0.25, -0.2) is 0 Å². The lowest BCUT2D eigenvalue weighted by Crippen LogP contribution is -2.11. The zero-order valence-corrected chi connectivity index (χ0v) is 16.7. The van der Waals surface area contributed by atoms with E-state index in [2.05, 4.69) is 18.2 Å². The molecule has 0 aliphatic rings. The Morgan fingerprint density at radius 2 is 1.55 bits per heavy atom. The Hall–Kier alpha value is -3.46. The third kappa shape index (κ3) is 4.04. The highest BCUT2D eigenvalue weighted by atomic mass is 16.5. The third-order valence-corrected chi connectivity index (χ3v) is 5.23. The Bertz CT molecular complexity index is 1170. The number of benzene rings is 3. The molecule has 0 atom stereocenters. The van der Waals surface area contributed by atoms with Crippen LogP contribution >= 0.6 is 0 Å². The van der Waals surface area contributed by atoms with Gasteiger partial charge < -0.3 is 4.74 Å². The first kappa shape index (κ1) is 18.9. The van der Waals surface area contributed by atoms with Crippen molar-refractivity contribution in [1.29, 1.82) is 0 Å². The molecule has 0 spiro atoms.